The molecule has 2 aliphatic carbocycles. The van der Waals surface area contributed by atoms with Gasteiger partial charge in [0.05, 0.1) is 11.9 Å². The van der Waals surface area contributed by atoms with Gasteiger partial charge in [0.1, 0.15) is 5.82 Å². The standard InChI is InChI=1S/C24H27FN2O3S/c1-31(29,30)27-24(28)23-14-17-5-2-3-8-21(17)22(23)12-11-20-10-9-18(15-26-20)16-6-4-7-19(25)13-16/h4,6-7,9-13,15,17,21-23H,2-3,5,8,14H2,1H3,(H,27,28)/t17-,21-,22+,23+/m1/s1. The molecule has 164 valence electrons. The summed E-state index contributed by atoms with van der Waals surface area (Å²) in [7, 11) is -3.58. The molecule has 1 amide bonds. The van der Waals surface area contributed by atoms with Crippen LogP contribution in [-0.4, -0.2) is 25.6 Å². The third-order valence-electron chi connectivity index (χ3n) is 6.54. The van der Waals surface area contributed by atoms with Crippen LogP contribution >= 0.6 is 0 Å². The van der Waals surface area contributed by atoms with Gasteiger partial charge in [-0.25, -0.2) is 12.8 Å². The summed E-state index contributed by atoms with van der Waals surface area (Å²) in [5, 5.41) is 0. The lowest BCUT2D eigenvalue weighted by Crippen LogP contribution is -2.36. The molecule has 0 radical (unpaired) electrons. The molecule has 31 heavy (non-hydrogen) atoms. The van der Waals surface area contributed by atoms with E-state index in [1.54, 1.807) is 12.3 Å². The van der Waals surface area contributed by atoms with Crippen LogP contribution < -0.4 is 4.72 Å². The largest absolute Gasteiger partial charge is 0.274 e. The molecule has 1 aromatic carbocycles. The first-order chi connectivity index (χ1) is 14.8. The van der Waals surface area contributed by atoms with E-state index in [4.69, 9.17) is 0 Å². The molecule has 1 heterocycles. The maximum Gasteiger partial charge on any atom is 0.237 e. The summed E-state index contributed by atoms with van der Waals surface area (Å²) < 4.78 is 38.8. The predicted molar refractivity (Wildman–Crippen MR) is 119 cm³/mol. The van der Waals surface area contributed by atoms with Crippen molar-refractivity contribution in [2.45, 2.75) is 32.1 Å². The van der Waals surface area contributed by atoms with Crippen LogP contribution in [0.1, 0.15) is 37.8 Å². The molecule has 0 saturated heterocycles. The predicted octanol–water partition coefficient (Wildman–Crippen LogP) is 4.42. The maximum absolute atomic E-state index is 13.5. The Morgan fingerprint density at radius 1 is 1.16 bits per heavy atom. The molecule has 5 nitrogen and oxygen atoms in total. The van der Waals surface area contributed by atoms with Gasteiger partial charge in [-0.15, -0.1) is 0 Å². The number of halogens is 1. The second-order valence-corrected chi connectivity index (χ2v) is 10.5. The van der Waals surface area contributed by atoms with Gasteiger partial charge >= 0.3 is 0 Å². The van der Waals surface area contributed by atoms with Crippen LogP contribution in [0, 0.1) is 29.5 Å². The Hall–Kier alpha value is -2.54. The van der Waals surface area contributed by atoms with E-state index < -0.39 is 15.9 Å². The van der Waals surface area contributed by atoms with Crippen LogP contribution in [0.15, 0.2) is 48.7 Å². The molecule has 0 bridgehead atoms. The van der Waals surface area contributed by atoms with E-state index in [1.165, 1.54) is 18.6 Å². The van der Waals surface area contributed by atoms with Crippen LogP contribution in [0.25, 0.3) is 17.2 Å². The smallest absolute Gasteiger partial charge is 0.237 e. The molecule has 1 N–H and O–H groups in total. The van der Waals surface area contributed by atoms with Crippen molar-refractivity contribution in [3.63, 3.8) is 0 Å². The number of nitrogens with zero attached hydrogens (tertiary/aromatic N) is 1. The number of amides is 1. The lowest BCUT2D eigenvalue weighted by atomic mass is 9.77. The van der Waals surface area contributed by atoms with Crippen molar-refractivity contribution >= 4 is 22.0 Å². The molecule has 0 aliphatic heterocycles. The van der Waals surface area contributed by atoms with Crippen LogP contribution in [0.2, 0.25) is 0 Å². The zero-order chi connectivity index (χ0) is 22.0. The first kappa shape index (κ1) is 21.7. The summed E-state index contributed by atoms with van der Waals surface area (Å²) in [6.45, 7) is 0. The van der Waals surface area contributed by atoms with E-state index in [9.17, 15) is 17.6 Å². The van der Waals surface area contributed by atoms with E-state index in [0.717, 1.165) is 48.8 Å². The summed E-state index contributed by atoms with van der Waals surface area (Å²) in [5.74, 6) is -0.180. The van der Waals surface area contributed by atoms with Crippen molar-refractivity contribution in [1.82, 2.24) is 9.71 Å². The fourth-order valence-electron chi connectivity index (χ4n) is 5.19. The van der Waals surface area contributed by atoms with E-state index in [2.05, 4.69) is 9.71 Å². The fourth-order valence-corrected chi connectivity index (χ4v) is 5.70. The number of nitrogens with one attached hydrogen (secondary N) is 1. The minimum absolute atomic E-state index is 0.00301. The van der Waals surface area contributed by atoms with Crippen LogP contribution in [0.3, 0.4) is 0 Å². The van der Waals surface area contributed by atoms with Gasteiger partial charge in [-0.3, -0.25) is 14.5 Å². The number of allylic oxidation sites excluding steroid dienone is 1. The Kier molecular flexibility index (Phi) is 6.23. The van der Waals surface area contributed by atoms with Crippen molar-refractivity contribution in [2.24, 2.45) is 23.7 Å². The molecule has 0 spiro atoms. The summed E-state index contributed by atoms with van der Waals surface area (Å²) in [4.78, 5) is 17.2. The van der Waals surface area contributed by atoms with E-state index in [0.29, 0.717) is 11.8 Å². The van der Waals surface area contributed by atoms with Crippen LogP contribution in [0.4, 0.5) is 4.39 Å². The van der Waals surface area contributed by atoms with E-state index in [1.807, 2.05) is 30.4 Å². The zero-order valence-electron chi connectivity index (χ0n) is 17.5. The lowest BCUT2D eigenvalue weighted by Gasteiger charge is -2.28. The number of rotatable bonds is 5. The molecule has 2 saturated carbocycles. The van der Waals surface area contributed by atoms with Gasteiger partial charge in [0.25, 0.3) is 0 Å². The first-order valence-corrected chi connectivity index (χ1v) is 12.6. The van der Waals surface area contributed by atoms with Gasteiger partial charge in [-0.05, 0) is 60.4 Å². The topological polar surface area (TPSA) is 76.1 Å². The summed E-state index contributed by atoms with van der Waals surface area (Å²) in [6.07, 6.45) is 11.9. The van der Waals surface area contributed by atoms with Gasteiger partial charge in [-0.1, -0.05) is 43.5 Å². The number of sulfonamides is 1. The maximum atomic E-state index is 13.5. The minimum Gasteiger partial charge on any atom is -0.274 e. The quantitative estimate of drug-likeness (QED) is 0.744. The Morgan fingerprint density at radius 2 is 1.97 bits per heavy atom. The van der Waals surface area contributed by atoms with Crippen LogP contribution in [-0.2, 0) is 14.8 Å². The Morgan fingerprint density at radius 3 is 2.68 bits per heavy atom. The molecule has 7 heteroatoms. The van der Waals surface area contributed by atoms with E-state index in [-0.39, 0.29) is 17.7 Å². The summed E-state index contributed by atoms with van der Waals surface area (Å²) >= 11 is 0. The number of hydrogen-bond acceptors (Lipinski definition) is 4. The number of fused-ring (bicyclic) bond motifs is 1. The van der Waals surface area contributed by atoms with Gasteiger partial charge in [0, 0.05) is 17.7 Å². The summed E-state index contributed by atoms with van der Waals surface area (Å²) in [5.41, 5.74) is 2.35. The minimum atomic E-state index is -3.58. The number of carbonyl (C=O) groups is 1. The molecule has 2 aliphatic rings. The Bertz CT molecular complexity index is 1080. The van der Waals surface area contributed by atoms with Crippen molar-refractivity contribution in [3.05, 3.63) is 60.2 Å². The molecular weight excluding hydrogens is 415 g/mol. The van der Waals surface area contributed by atoms with Gasteiger partial charge in [-0.2, -0.15) is 0 Å². The zero-order valence-corrected chi connectivity index (χ0v) is 18.3. The molecular formula is C24H27FN2O3S. The van der Waals surface area contributed by atoms with Gasteiger partial charge < -0.3 is 0 Å². The number of aromatic nitrogens is 1. The second-order valence-electron chi connectivity index (χ2n) is 8.71. The highest BCUT2D eigenvalue weighted by Crippen LogP contribution is 2.49. The molecule has 4 atom stereocenters. The molecule has 2 aromatic rings. The third-order valence-corrected chi connectivity index (χ3v) is 7.11. The Balaban J connectivity index is 1.54. The highest BCUT2D eigenvalue weighted by Gasteiger charge is 2.46. The molecule has 1 aromatic heterocycles. The average molecular weight is 443 g/mol. The molecule has 4 rings (SSSR count). The second kappa shape index (κ2) is 8.91. The van der Waals surface area contributed by atoms with Crippen molar-refractivity contribution in [3.8, 4) is 11.1 Å². The number of benzene rings is 1. The fraction of sp³-hybridized carbons (Fsp3) is 0.417. The Labute approximate surface area is 182 Å². The highest BCUT2D eigenvalue weighted by molar-refractivity contribution is 7.89. The van der Waals surface area contributed by atoms with E-state index >= 15 is 0 Å². The number of pyridine rings is 1. The van der Waals surface area contributed by atoms with Crippen molar-refractivity contribution < 1.29 is 17.6 Å². The van der Waals surface area contributed by atoms with Gasteiger partial charge in [0.15, 0.2) is 0 Å². The van der Waals surface area contributed by atoms with Crippen molar-refractivity contribution in [1.29, 1.82) is 0 Å². The SMILES string of the molecule is CS(=O)(=O)NC(=O)[C@H]1C[C@H]2CCCC[C@H]2[C@@H]1C=Cc1ccc(-c2cccc(F)c2)cn1. The molecule has 2 fully saturated rings. The third kappa shape index (κ3) is 5.21. The number of carbonyl (C=O) groups excluding carboxylic acids is 1. The first-order valence-electron chi connectivity index (χ1n) is 10.7. The monoisotopic (exact) mass is 442 g/mol. The average Bonchev–Trinajstić information content (AvgIpc) is 3.10. The molecule has 0 unspecified atom stereocenters. The normalized spacial score (nSPS) is 26.0. The number of hydrogen-bond donors (Lipinski definition) is 1. The highest BCUT2D eigenvalue weighted by atomic mass is 32.2. The lowest BCUT2D eigenvalue weighted by molar-refractivity contribution is -0.123. The van der Waals surface area contributed by atoms with Crippen molar-refractivity contribution in [2.75, 3.05) is 6.26 Å². The summed E-state index contributed by atoms with van der Waals surface area (Å²) in [6, 6.07) is 10.1. The van der Waals surface area contributed by atoms with Crippen LogP contribution in [0.5, 0.6) is 0 Å². The van der Waals surface area contributed by atoms with Gasteiger partial charge in [0.2, 0.25) is 15.9 Å².